The highest BCUT2D eigenvalue weighted by atomic mass is 19.1. The average Bonchev–Trinajstić information content (AvgIpc) is 3.17. The van der Waals surface area contributed by atoms with E-state index in [4.69, 9.17) is 9.47 Å². The van der Waals surface area contributed by atoms with E-state index in [0.29, 0.717) is 42.9 Å². The number of amides is 2. The van der Waals surface area contributed by atoms with E-state index in [1.807, 2.05) is 0 Å². The molecule has 2 aromatic rings. The highest BCUT2D eigenvalue weighted by molar-refractivity contribution is 5.94. The first-order valence-corrected chi connectivity index (χ1v) is 9.36. The van der Waals surface area contributed by atoms with Crippen LogP contribution in [0.4, 0.5) is 15.8 Å². The average molecular weight is 384 g/mol. The smallest absolute Gasteiger partial charge is 0.231 e. The summed E-state index contributed by atoms with van der Waals surface area (Å²) in [4.78, 5) is 24.9. The van der Waals surface area contributed by atoms with Crippen molar-refractivity contribution in [3.05, 3.63) is 48.3 Å². The van der Waals surface area contributed by atoms with Gasteiger partial charge >= 0.3 is 0 Å². The molecule has 2 aromatic carbocycles. The molecular formula is C21H21FN2O4. The third-order valence-corrected chi connectivity index (χ3v) is 5.24. The summed E-state index contributed by atoms with van der Waals surface area (Å²) >= 11 is 0. The summed E-state index contributed by atoms with van der Waals surface area (Å²) in [5.41, 5.74) is 0.851. The molecule has 28 heavy (non-hydrogen) atoms. The van der Waals surface area contributed by atoms with Gasteiger partial charge in [-0.3, -0.25) is 9.59 Å². The summed E-state index contributed by atoms with van der Waals surface area (Å²) in [6, 6.07) is 11.4. The van der Waals surface area contributed by atoms with Crippen LogP contribution in [0.5, 0.6) is 11.5 Å². The fourth-order valence-electron chi connectivity index (χ4n) is 3.63. The van der Waals surface area contributed by atoms with Gasteiger partial charge in [0.2, 0.25) is 18.6 Å². The lowest BCUT2D eigenvalue weighted by atomic mass is 9.81. The number of rotatable bonds is 4. The van der Waals surface area contributed by atoms with Gasteiger partial charge in [0.15, 0.2) is 11.5 Å². The second kappa shape index (κ2) is 7.88. The van der Waals surface area contributed by atoms with E-state index < -0.39 is 5.82 Å². The first kappa shape index (κ1) is 18.3. The van der Waals surface area contributed by atoms with Gasteiger partial charge in [-0.15, -0.1) is 0 Å². The Morgan fingerprint density at radius 2 is 1.50 bits per heavy atom. The van der Waals surface area contributed by atoms with Crippen LogP contribution in [0.25, 0.3) is 0 Å². The van der Waals surface area contributed by atoms with Gasteiger partial charge in [-0.25, -0.2) is 4.39 Å². The van der Waals surface area contributed by atoms with E-state index in [0.717, 1.165) is 0 Å². The molecule has 0 aromatic heterocycles. The standard InChI is InChI=1S/C21H21FN2O4/c22-16-3-1-2-4-17(16)24-21(26)14-7-5-13(6-8-14)20(25)23-15-9-10-18-19(11-15)28-12-27-18/h1-4,9-11,13-14H,5-8,12H2,(H,23,25)(H,24,26). The van der Waals surface area contributed by atoms with E-state index in [1.165, 1.54) is 12.1 Å². The fraction of sp³-hybridized carbons (Fsp3) is 0.333. The summed E-state index contributed by atoms with van der Waals surface area (Å²) in [5, 5.41) is 5.56. The predicted octanol–water partition coefficient (Wildman–Crippen LogP) is 3.94. The molecular weight excluding hydrogens is 363 g/mol. The number of fused-ring (bicyclic) bond motifs is 1. The molecule has 2 amide bonds. The van der Waals surface area contributed by atoms with Gasteiger partial charge in [-0.05, 0) is 49.9 Å². The summed E-state index contributed by atoms with van der Waals surface area (Å²) < 4.78 is 24.3. The Balaban J connectivity index is 1.29. The molecule has 0 radical (unpaired) electrons. The number of carbonyl (C=O) groups is 2. The Morgan fingerprint density at radius 3 is 2.21 bits per heavy atom. The Labute approximate surface area is 162 Å². The van der Waals surface area contributed by atoms with Gasteiger partial charge in [0.25, 0.3) is 0 Å². The molecule has 0 saturated heterocycles. The van der Waals surface area contributed by atoms with E-state index in [1.54, 1.807) is 30.3 Å². The van der Waals surface area contributed by atoms with Crippen molar-refractivity contribution in [3.63, 3.8) is 0 Å². The van der Waals surface area contributed by atoms with Crippen LogP contribution in [0.1, 0.15) is 25.7 Å². The van der Waals surface area contributed by atoms with Gasteiger partial charge in [-0.2, -0.15) is 0 Å². The van der Waals surface area contributed by atoms with Crippen molar-refractivity contribution in [2.24, 2.45) is 11.8 Å². The summed E-state index contributed by atoms with van der Waals surface area (Å²) in [5.74, 6) is 0.210. The molecule has 7 heteroatoms. The molecule has 146 valence electrons. The summed E-state index contributed by atoms with van der Waals surface area (Å²) in [6.07, 6.45) is 2.43. The van der Waals surface area contributed by atoms with E-state index in [2.05, 4.69) is 10.6 Å². The van der Waals surface area contributed by atoms with Crippen molar-refractivity contribution in [3.8, 4) is 11.5 Å². The summed E-state index contributed by atoms with van der Waals surface area (Å²) in [7, 11) is 0. The lowest BCUT2D eigenvalue weighted by Gasteiger charge is -2.27. The van der Waals surface area contributed by atoms with Crippen LogP contribution in [-0.2, 0) is 9.59 Å². The molecule has 0 unspecified atom stereocenters. The summed E-state index contributed by atoms with van der Waals surface area (Å²) in [6.45, 7) is 0.186. The number of ether oxygens (including phenoxy) is 2. The predicted molar refractivity (Wildman–Crippen MR) is 102 cm³/mol. The number of benzene rings is 2. The number of hydrogen-bond donors (Lipinski definition) is 2. The van der Waals surface area contributed by atoms with E-state index >= 15 is 0 Å². The molecule has 1 heterocycles. The maximum Gasteiger partial charge on any atom is 0.231 e. The Bertz CT molecular complexity index is 894. The number of hydrogen-bond acceptors (Lipinski definition) is 4. The largest absolute Gasteiger partial charge is 0.454 e. The number of nitrogens with one attached hydrogen (secondary N) is 2. The minimum Gasteiger partial charge on any atom is -0.454 e. The van der Waals surface area contributed by atoms with Crippen molar-refractivity contribution < 1.29 is 23.5 Å². The molecule has 1 aliphatic carbocycles. The lowest BCUT2D eigenvalue weighted by molar-refractivity contribution is -0.125. The third-order valence-electron chi connectivity index (χ3n) is 5.24. The first-order valence-electron chi connectivity index (χ1n) is 9.36. The van der Waals surface area contributed by atoms with Crippen LogP contribution in [0.3, 0.4) is 0 Å². The maximum absolute atomic E-state index is 13.7. The third kappa shape index (κ3) is 3.93. The number of para-hydroxylation sites is 1. The molecule has 0 spiro atoms. The maximum atomic E-state index is 13.7. The minimum atomic E-state index is -0.451. The van der Waals surface area contributed by atoms with Crippen LogP contribution in [0, 0.1) is 17.7 Å². The van der Waals surface area contributed by atoms with Crippen LogP contribution >= 0.6 is 0 Å². The first-order chi connectivity index (χ1) is 13.6. The zero-order valence-electron chi connectivity index (χ0n) is 15.2. The van der Waals surface area contributed by atoms with Gasteiger partial charge in [-0.1, -0.05) is 12.1 Å². The second-order valence-electron chi connectivity index (χ2n) is 7.07. The zero-order chi connectivity index (χ0) is 19.5. The van der Waals surface area contributed by atoms with Crippen molar-refractivity contribution in [2.45, 2.75) is 25.7 Å². The fourth-order valence-corrected chi connectivity index (χ4v) is 3.63. The Morgan fingerprint density at radius 1 is 0.857 bits per heavy atom. The topological polar surface area (TPSA) is 76.7 Å². The molecule has 1 fully saturated rings. The van der Waals surface area contributed by atoms with Crippen LogP contribution in [0.2, 0.25) is 0 Å². The van der Waals surface area contributed by atoms with Gasteiger partial charge in [0.05, 0.1) is 5.69 Å². The monoisotopic (exact) mass is 384 g/mol. The Hall–Kier alpha value is -3.09. The Kier molecular flexibility index (Phi) is 5.14. The molecule has 4 rings (SSSR count). The van der Waals surface area contributed by atoms with E-state index in [-0.39, 0.29) is 36.1 Å². The van der Waals surface area contributed by atoms with Crippen molar-refractivity contribution in [1.82, 2.24) is 0 Å². The highest BCUT2D eigenvalue weighted by Crippen LogP contribution is 2.35. The molecule has 2 N–H and O–H groups in total. The van der Waals surface area contributed by atoms with Crippen LogP contribution in [0.15, 0.2) is 42.5 Å². The van der Waals surface area contributed by atoms with Crippen LogP contribution < -0.4 is 20.1 Å². The van der Waals surface area contributed by atoms with Crippen LogP contribution in [-0.4, -0.2) is 18.6 Å². The molecule has 6 nitrogen and oxygen atoms in total. The van der Waals surface area contributed by atoms with Gasteiger partial charge < -0.3 is 20.1 Å². The second-order valence-corrected chi connectivity index (χ2v) is 7.07. The van der Waals surface area contributed by atoms with Gasteiger partial charge in [0.1, 0.15) is 5.82 Å². The minimum absolute atomic E-state index is 0.0631. The number of carbonyl (C=O) groups excluding carboxylic acids is 2. The molecule has 0 bridgehead atoms. The van der Waals surface area contributed by atoms with Crippen molar-refractivity contribution >= 4 is 23.2 Å². The zero-order valence-corrected chi connectivity index (χ0v) is 15.2. The van der Waals surface area contributed by atoms with E-state index in [9.17, 15) is 14.0 Å². The lowest BCUT2D eigenvalue weighted by Crippen LogP contribution is -2.32. The SMILES string of the molecule is O=C(Nc1ccc2c(c1)OCO2)C1CCC(C(=O)Nc2ccccc2F)CC1. The molecule has 0 atom stereocenters. The quantitative estimate of drug-likeness (QED) is 0.837. The molecule has 1 aliphatic heterocycles. The normalized spacial score (nSPS) is 20.5. The van der Waals surface area contributed by atoms with Crippen molar-refractivity contribution in [2.75, 3.05) is 17.4 Å². The molecule has 1 saturated carbocycles. The van der Waals surface area contributed by atoms with Crippen molar-refractivity contribution in [1.29, 1.82) is 0 Å². The van der Waals surface area contributed by atoms with Gasteiger partial charge in [0, 0.05) is 23.6 Å². The molecule has 2 aliphatic rings. The highest BCUT2D eigenvalue weighted by Gasteiger charge is 2.30. The number of anilines is 2. The number of halogens is 1.